The van der Waals surface area contributed by atoms with Crippen LogP contribution in [0.15, 0.2) is 36.7 Å². The lowest BCUT2D eigenvalue weighted by Crippen LogP contribution is -2.43. The van der Waals surface area contributed by atoms with Crippen LogP contribution in [0.2, 0.25) is 0 Å². The summed E-state index contributed by atoms with van der Waals surface area (Å²) < 4.78 is 44.7. The molecule has 2 aliphatic rings. The molecule has 4 rings (SSSR count). The molecule has 1 saturated carbocycles. The molecule has 27 heavy (non-hydrogen) atoms. The SMILES string of the molecule is O=C(COc1cccc(F)c1)N[C@@H]1CS(=O)(=O)C[C@H]1n1ccnc1C1CC1. The fraction of sp³-hybridized carbons (Fsp3) is 0.444. The Morgan fingerprint density at radius 1 is 1.33 bits per heavy atom. The summed E-state index contributed by atoms with van der Waals surface area (Å²) in [5.41, 5.74) is 0. The highest BCUT2D eigenvalue weighted by atomic mass is 32.2. The van der Waals surface area contributed by atoms with E-state index in [2.05, 4.69) is 10.3 Å². The summed E-state index contributed by atoms with van der Waals surface area (Å²) in [7, 11) is -3.26. The molecule has 0 radical (unpaired) electrons. The van der Waals surface area contributed by atoms with Gasteiger partial charge in [0.1, 0.15) is 17.4 Å². The molecule has 9 heteroatoms. The Morgan fingerprint density at radius 2 is 2.15 bits per heavy atom. The lowest BCUT2D eigenvalue weighted by Gasteiger charge is -2.22. The highest BCUT2D eigenvalue weighted by Crippen LogP contribution is 2.41. The number of halogens is 1. The largest absolute Gasteiger partial charge is 0.484 e. The fourth-order valence-electron chi connectivity index (χ4n) is 3.46. The Labute approximate surface area is 156 Å². The van der Waals surface area contributed by atoms with Gasteiger partial charge in [-0.3, -0.25) is 4.79 Å². The smallest absolute Gasteiger partial charge is 0.258 e. The number of amides is 1. The van der Waals surface area contributed by atoms with Crippen LogP contribution in [-0.2, 0) is 14.6 Å². The van der Waals surface area contributed by atoms with Crippen LogP contribution in [0, 0.1) is 5.82 Å². The molecule has 2 fully saturated rings. The van der Waals surface area contributed by atoms with Crippen molar-refractivity contribution in [3.05, 3.63) is 48.3 Å². The molecule has 1 N–H and O–H groups in total. The Morgan fingerprint density at radius 3 is 2.89 bits per heavy atom. The predicted molar refractivity (Wildman–Crippen MR) is 95.7 cm³/mol. The summed E-state index contributed by atoms with van der Waals surface area (Å²) >= 11 is 0. The molecule has 1 saturated heterocycles. The van der Waals surface area contributed by atoms with Crippen LogP contribution in [0.25, 0.3) is 0 Å². The van der Waals surface area contributed by atoms with Crippen LogP contribution < -0.4 is 10.1 Å². The van der Waals surface area contributed by atoms with Crippen molar-refractivity contribution in [3.8, 4) is 5.75 Å². The van der Waals surface area contributed by atoms with Crippen LogP contribution in [0.4, 0.5) is 4.39 Å². The molecular weight excluding hydrogens is 373 g/mol. The molecule has 0 bridgehead atoms. The van der Waals surface area contributed by atoms with Gasteiger partial charge in [-0.05, 0) is 25.0 Å². The molecule has 2 aromatic rings. The zero-order chi connectivity index (χ0) is 19.0. The number of hydrogen-bond acceptors (Lipinski definition) is 5. The summed E-state index contributed by atoms with van der Waals surface area (Å²) in [6.07, 6.45) is 5.55. The van der Waals surface area contributed by atoms with Gasteiger partial charge in [-0.25, -0.2) is 17.8 Å². The standard InChI is InChI=1S/C18H20FN3O4S/c19-13-2-1-3-14(8-13)26-9-17(23)21-15-10-27(24,25)11-16(15)22-7-6-20-18(22)12-4-5-12/h1-3,6-8,12,15-16H,4-5,9-11H2,(H,21,23)/t15-,16-/m1/s1. The number of carbonyl (C=O) groups is 1. The summed E-state index contributed by atoms with van der Waals surface area (Å²) in [6, 6.07) is 4.57. The van der Waals surface area contributed by atoms with Gasteiger partial charge in [0.2, 0.25) is 0 Å². The lowest BCUT2D eigenvalue weighted by atomic mass is 10.1. The molecule has 7 nitrogen and oxygen atoms in total. The first-order valence-electron chi connectivity index (χ1n) is 8.82. The van der Waals surface area contributed by atoms with Crippen molar-refractivity contribution in [2.45, 2.75) is 30.8 Å². The molecule has 1 aromatic carbocycles. The first kappa shape index (κ1) is 18.0. The van der Waals surface area contributed by atoms with Gasteiger partial charge in [-0.2, -0.15) is 0 Å². The van der Waals surface area contributed by atoms with E-state index in [1.165, 1.54) is 18.2 Å². The number of imidazole rings is 1. The van der Waals surface area contributed by atoms with Crippen LogP contribution in [0.5, 0.6) is 5.75 Å². The monoisotopic (exact) mass is 393 g/mol. The van der Waals surface area contributed by atoms with Crippen molar-refractivity contribution >= 4 is 15.7 Å². The van der Waals surface area contributed by atoms with E-state index in [1.54, 1.807) is 18.5 Å². The Balaban J connectivity index is 1.44. The third-order valence-corrected chi connectivity index (χ3v) is 6.55. The minimum Gasteiger partial charge on any atom is -0.484 e. The van der Waals surface area contributed by atoms with E-state index in [4.69, 9.17) is 4.74 Å². The van der Waals surface area contributed by atoms with Crippen molar-refractivity contribution in [3.63, 3.8) is 0 Å². The molecule has 1 aliphatic heterocycles. The maximum Gasteiger partial charge on any atom is 0.258 e. The second-order valence-electron chi connectivity index (χ2n) is 7.03. The quantitative estimate of drug-likeness (QED) is 0.802. The first-order valence-corrected chi connectivity index (χ1v) is 10.6. The second-order valence-corrected chi connectivity index (χ2v) is 9.19. The third-order valence-electron chi connectivity index (χ3n) is 4.83. The number of sulfone groups is 1. The van der Waals surface area contributed by atoms with Crippen LogP contribution in [0.1, 0.15) is 30.6 Å². The van der Waals surface area contributed by atoms with Gasteiger partial charge in [-0.1, -0.05) is 6.07 Å². The van der Waals surface area contributed by atoms with E-state index in [0.29, 0.717) is 5.92 Å². The second kappa shape index (κ2) is 6.95. The van der Waals surface area contributed by atoms with E-state index in [9.17, 15) is 17.6 Å². The van der Waals surface area contributed by atoms with Gasteiger partial charge in [0, 0.05) is 24.4 Å². The first-order chi connectivity index (χ1) is 12.9. The Hall–Kier alpha value is -2.42. The van der Waals surface area contributed by atoms with Crippen LogP contribution in [-0.4, -0.2) is 48.0 Å². The number of nitrogens with one attached hydrogen (secondary N) is 1. The molecule has 2 heterocycles. The predicted octanol–water partition coefficient (Wildman–Crippen LogP) is 1.43. The number of rotatable bonds is 6. The lowest BCUT2D eigenvalue weighted by molar-refractivity contribution is -0.123. The van der Waals surface area contributed by atoms with Crippen molar-refractivity contribution in [1.29, 1.82) is 0 Å². The number of nitrogens with zero attached hydrogens (tertiary/aromatic N) is 2. The van der Waals surface area contributed by atoms with E-state index in [1.807, 2.05) is 4.57 Å². The number of benzene rings is 1. The van der Waals surface area contributed by atoms with Gasteiger partial charge in [0.05, 0.1) is 23.6 Å². The summed E-state index contributed by atoms with van der Waals surface area (Å²) in [5.74, 6) is 0.446. The van der Waals surface area contributed by atoms with Crippen molar-refractivity contribution in [2.24, 2.45) is 0 Å². The van der Waals surface area contributed by atoms with Crippen LogP contribution >= 0.6 is 0 Å². The average Bonchev–Trinajstić information content (AvgIpc) is 3.26. The summed E-state index contributed by atoms with van der Waals surface area (Å²) in [4.78, 5) is 16.6. The van der Waals surface area contributed by atoms with Gasteiger partial charge >= 0.3 is 0 Å². The minimum atomic E-state index is -3.26. The zero-order valence-electron chi connectivity index (χ0n) is 14.5. The molecule has 0 unspecified atom stereocenters. The molecule has 0 spiro atoms. The van der Waals surface area contributed by atoms with Gasteiger partial charge in [0.15, 0.2) is 16.4 Å². The van der Waals surface area contributed by atoms with Gasteiger partial charge < -0.3 is 14.6 Å². The third kappa shape index (κ3) is 4.13. The maximum absolute atomic E-state index is 13.2. The fourth-order valence-corrected chi connectivity index (χ4v) is 5.36. The average molecular weight is 393 g/mol. The van der Waals surface area contributed by atoms with Gasteiger partial charge in [-0.15, -0.1) is 0 Å². The molecule has 1 aliphatic carbocycles. The van der Waals surface area contributed by atoms with E-state index in [-0.39, 0.29) is 29.9 Å². The number of carbonyl (C=O) groups excluding carboxylic acids is 1. The number of hydrogen-bond donors (Lipinski definition) is 1. The van der Waals surface area contributed by atoms with E-state index in [0.717, 1.165) is 18.7 Å². The molecular formula is C18H20FN3O4S. The highest BCUT2D eigenvalue weighted by molar-refractivity contribution is 7.91. The topological polar surface area (TPSA) is 90.3 Å². The van der Waals surface area contributed by atoms with Gasteiger partial charge in [0.25, 0.3) is 5.91 Å². The maximum atomic E-state index is 13.2. The van der Waals surface area contributed by atoms with Crippen LogP contribution in [0.3, 0.4) is 0 Å². The Kier molecular flexibility index (Phi) is 4.63. The zero-order valence-corrected chi connectivity index (χ0v) is 15.4. The summed E-state index contributed by atoms with van der Waals surface area (Å²) in [6.45, 7) is -0.313. The minimum absolute atomic E-state index is 0.0290. The molecule has 1 aromatic heterocycles. The normalized spacial score (nSPS) is 23.9. The molecule has 2 atom stereocenters. The molecule has 144 valence electrons. The van der Waals surface area contributed by atoms with Crippen molar-refractivity contribution in [2.75, 3.05) is 18.1 Å². The van der Waals surface area contributed by atoms with Crippen molar-refractivity contribution in [1.82, 2.24) is 14.9 Å². The molecule has 1 amide bonds. The summed E-state index contributed by atoms with van der Waals surface area (Å²) in [5, 5.41) is 2.76. The van der Waals surface area contributed by atoms with E-state index >= 15 is 0 Å². The Bertz CT molecular complexity index is 955. The highest BCUT2D eigenvalue weighted by Gasteiger charge is 2.42. The van der Waals surface area contributed by atoms with Crippen molar-refractivity contribution < 1.29 is 22.3 Å². The number of ether oxygens (including phenoxy) is 1. The van der Waals surface area contributed by atoms with E-state index < -0.39 is 27.6 Å². The number of aromatic nitrogens is 2.